The summed E-state index contributed by atoms with van der Waals surface area (Å²) in [6.07, 6.45) is 3.86. The van der Waals surface area contributed by atoms with E-state index in [4.69, 9.17) is 4.74 Å². The van der Waals surface area contributed by atoms with Gasteiger partial charge in [0.25, 0.3) is 0 Å². The molecule has 0 saturated carbocycles. The summed E-state index contributed by atoms with van der Waals surface area (Å²) in [4.78, 5) is 11.0. The number of nitrogens with one attached hydrogen (secondary N) is 1. The zero-order valence-corrected chi connectivity index (χ0v) is 8.51. The second kappa shape index (κ2) is 7.80. The summed E-state index contributed by atoms with van der Waals surface area (Å²) in [5.41, 5.74) is 0. The lowest BCUT2D eigenvalue weighted by Crippen LogP contribution is -2.31. The van der Waals surface area contributed by atoms with Crippen LogP contribution in [0.25, 0.3) is 0 Å². The Morgan fingerprint density at radius 1 is 1.69 bits per heavy atom. The van der Waals surface area contributed by atoms with E-state index in [2.05, 4.69) is 18.8 Å². The second-order valence-electron chi connectivity index (χ2n) is 2.93. The SMILES string of the molecule is C=CCC(=O)OC(C)NCCCC. The van der Waals surface area contributed by atoms with E-state index >= 15 is 0 Å². The van der Waals surface area contributed by atoms with Crippen LogP contribution in [0.3, 0.4) is 0 Å². The molecule has 0 bridgehead atoms. The van der Waals surface area contributed by atoms with Gasteiger partial charge in [-0.2, -0.15) is 0 Å². The van der Waals surface area contributed by atoms with E-state index in [0.717, 1.165) is 19.4 Å². The van der Waals surface area contributed by atoms with Crippen molar-refractivity contribution in [2.24, 2.45) is 0 Å². The highest BCUT2D eigenvalue weighted by Gasteiger charge is 2.05. The lowest BCUT2D eigenvalue weighted by molar-refractivity contribution is -0.148. The molecule has 0 aliphatic carbocycles. The van der Waals surface area contributed by atoms with Crippen LogP contribution in [0, 0.1) is 0 Å². The minimum absolute atomic E-state index is 0.195. The van der Waals surface area contributed by atoms with Gasteiger partial charge in [-0.1, -0.05) is 19.4 Å². The van der Waals surface area contributed by atoms with E-state index in [0.29, 0.717) is 0 Å². The van der Waals surface area contributed by atoms with Crippen LogP contribution in [0.1, 0.15) is 33.1 Å². The number of ether oxygens (including phenoxy) is 1. The van der Waals surface area contributed by atoms with Gasteiger partial charge in [-0.05, 0) is 19.9 Å². The summed E-state index contributed by atoms with van der Waals surface area (Å²) < 4.78 is 5.02. The summed E-state index contributed by atoms with van der Waals surface area (Å²) in [7, 11) is 0. The van der Waals surface area contributed by atoms with Crippen molar-refractivity contribution in [1.29, 1.82) is 0 Å². The van der Waals surface area contributed by atoms with Gasteiger partial charge >= 0.3 is 5.97 Å². The molecule has 1 N–H and O–H groups in total. The molecule has 0 aliphatic rings. The smallest absolute Gasteiger partial charge is 0.311 e. The standard InChI is InChI=1S/C10H19NO2/c1-4-6-8-11-9(3)13-10(12)7-5-2/h5,9,11H,2,4,6-8H2,1,3H3. The highest BCUT2D eigenvalue weighted by molar-refractivity contribution is 5.71. The number of unbranched alkanes of at least 4 members (excludes halogenated alkanes) is 1. The van der Waals surface area contributed by atoms with Crippen LogP contribution >= 0.6 is 0 Å². The fourth-order valence-electron chi connectivity index (χ4n) is 0.887. The quantitative estimate of drug-likeness (QED) is 0.285. The molecule has 0 spiro atoms. The molecule has 0 heterocycles. The first-order valence-electron chi connectivity index (χ1n) is 4.74. The fraction of sp³-hybridized carbons (Fsp3) is 0.700. The number of esters is 1. The molecule has 0 fully saturated rings. The number of hydrogen-bond donors (Lipinski definition) is 1. The largest absolute Gasteiger partial charge is 0.447 e. The van der Waals surface area contributed by atoms with Crippen LogP contribution in [0.5, 0.6) is 0 Å². The molecule has 0 rings (SSSR count). The Morgan fingerprint density at radius 3 is 2.92 bits per heavy atom. The molecule has 0 aromatic heterocycles. The zero-order chi connectivity index (χ0) is 10.1. The summed E-state index contributed by atoms with van der Waals surface area (Å²) in [5.74, 6) is -0.230. The van der Waals surface area contributed by atoms with Crippen LogP contribution in [0.2, 0.25) is 0 Å². The maximum atomic E-state index is 11.0. The molecule has 1 unspecified atom stereocenters. The van der Waals surface area contributed by atoms with Gasteiger partial charge in [-0.3, -0.25) is 10.1 Å². The fourth-order valence-corrected chi connectivity index (χ4v) is 0.887. The summed E-state index contributed by atoms with van der Waals surface area (Å²) in [5, 5.41) is 3.10. The van der Waals surface area contributed by atoms with Crippen LogP contribution < -0.4 is 5.32 Å². The van der Waals surface area contributed by atoms with Crippen molar-refractivity contribution in [1.82, 2.24) is 5.32 Å². The Morgan fingerprint density at radius 2 is 2.38 bits per heavy atom. The Balaban J connectivity index is 3.43. The molecule has 1 atom stereocenters. The van der Waals surface area contributed by atoms with Crippen LogP contribution in [0.15, 0.2) is 12.7 Å². The van der Waals surface area contributed by atoms with Gasteiger partial charge in [0, 0.05) is 0 Å². The van der Waals surface area contributed by atoms with Crippen molar-refractivity contribution in [3.05, 3.63) is 12.7 Å². The first-order chi connectivity index (χ1) is 6.20. The van der Waals surface area contributed by atoms with E-state index in [1.807, 2.05) is 6.92 Å². The number of carbonyl (C=O) groups excluding carboxylic acids is 1. The number of hydrogen-bond acceptors (Lipinski definition) is 3. The van der Waals surface area contributed by atoms with Crippen LogP contribution in [-0.2, 0) is 9.53 Å². The van der Waals surface area contributed by atoms with Crippen molar-refractivity contribution < 1.29 is 9.53 Å². The van der Waals surface area contributed by atoms with Gasteiger partial charge in [-0.25, -0.2) is 0 Å². The molecular formula is C10H19NO2. The van der Waals surface area contributed by atoms with Gasteiger partial charge in [0.2, 0.25) is 0 Å². The van der Waals surface area contributed by atoms with Gasteiger partial charge in [0.15, 0.2) is 6.23 Å². The zero-order valence-electron chi connectivity index (χ0n) is 8.51. The molecule has 0 aromatic carbocycles. The maximum Gasteiger partial charge on any atom is 0.311 e. The molecular weight excluding hydrogens is 166 g/mol. The highest BCUT2D eigenvalue weighted by Crippen LogP contribution is 1.93. The molecule has 0 aromatic rings. The Labute approximate surface area is 80.2 Å². The van der Waals surface area contributed by atoms with Gasteiger partial charge in [0.05, 0.1) is 6.42 Å². The normalized spacial score (nSPS) is 12.2. The van der Waals surface area contributed by atoms with Crippen molar-refractivity contribution in [2.75, 3.05) is 6.54 Å². The predicted octanol–water partition coefficient (Wildman–Crippen LogP) is 1.84. The van der Waals surface area contributed by atoms with Gasteiger partial charge < -0.3 is 4.74 Å². The summed E-state index contributed by atoms with van der Waals surface area (Å²) >= 11 is 0. The Hall–Kier alpha value is -0.830. The van der Waals surface area contributed by atoms with Crippen molar-refractivity contribution in [3.63, 3.8) is 0 Å². The molecule has 0 aliphatic heterocycles. The second-order valence-corrected chi connectivity index (χ2v) is 2.93. The van der Waals surface area contributed by atoms with E-state index in [1.54, 1.807) is 6.08 Å². The van der Waals surface area contributed by atoms with Crippen LogP contribution in [0.4, 0.5) is 0 Å². The third-order valence-electron chi connectivity index (χ3n) is 1.58. The van der Waals surface area contributed by atoms with E-state index < -0.39 is 0 Å². The molecule has 0 saturated heterocycles. The molecule has 13 heavy (non-hydrogen) atoms. The average molecular weight is 185 g/mol. The molecule has 0 amide bonds. The van der Waals surface area contributed by atoms with E-state index in [-0.39, 0.29) is 18.6 Å². The Bertz CT molecular complexity index is 157. The Kier molecular flexibility index (Phi) is 7.30. The van der Waals surface area contributed by atoms with Crippen LogP contribution in [-0.4, -0.2) is 18.7 Å². The van der Waals surface area contributed by atoms with Gasteiger partial charge in [0.1, 0.15) is 0 Å². The van der Waals surface area contributed by atoms with Crippen molar-refractivity contribution >= 4 is 5.97 Å². The predicted molar refractivity (Wildman–Crippen MR) is 53.3 cm³/mol. The van der Waals surface area contributed by atoms with E-state index in [1.165, 1.54) is 0 Å². The first-order valence-corrected chi connectivity index (χ1v) is 4.74. The number of rotatable bonds is 7. The minimum atomic E-state index is -0.230. The van der Waals surface area contributed by atoms with Crippen molar-refractivity contribution in [3.8, 4) is 0 Å². The first kappa shape index (κ1) is 12.2. The lowest BCUT2D eigenvalue weighted by atomic mass is 10.3. The summed E-state index contributed by atoms with van der Waals surface area (Å²) in [6.45, 7) is 8.30. The lowest BCUT2D eigenvalue weighted by Gasteiger charge is -2.13. The molecule has 0 radical (unpaired) electrons. The summed E-state index contributed by atoms with van der Waals surface area (Å²) in [6, 6.07) is 0. The van der Waals surface area contributed by atoms with Gasteiger partial charge in [-0.15, -0.1) is 6.58 Å². The monoisotopic (exact) mass is 185 g/mol. The molecule has 3 nitrogen and oxygen atoms in total. The maximum absolute atomic E-state index is 11.0. The molecule has 76 valence electrons. The third-order valence-corrected chi connectivity index (χ3v) is 1.58. The average Bonchev–Trinajstić information content (AvgIpc) is 2.05. The number of carbonyl (C=O) groups is 1. The topological polar surface area (TPSA) is 38.3 Å². The minimum Gasteiger partial charge on any atom is -0.447 e. The highest BCUT2D eigenvalue weighted by atomic mass is 16.6. The molecule has 3 heteroatoms. The third kappa shape index (κ3) is 7.53. The van der Waals surface area contributed by atoms with Crippen molar-refractivity contribution in [2.45, 2.75) is 39.3 Å². The van der Waals surface area contributed by atoms with E-state index in [9.17, 15) is 4.79 Å².